The molecule has 0 aliphatic carbocycles. The van der Waals surface area contributed by atoms with E-state index >= 15 is 0 Å². The van der Waals surface area contributed by atoms with E-state index < -0.39 is 24.3 Å². The van der Waals surface area contributed by atoms with Crippen LogP contribution in [0.1, 0.15) is 32.0 Å². The Balaban J connectivity index is 2.56. The molecule has 0 saturated carbocycles. The summed E-state index contributed by atoms with van der Waals surface area (Å²) in [6.45, 7) is 3.35. The third-order valence-corrected chi connectivity index (χ3v) is 2.06. The van der Waals surface area contributed by atoms with Crippen molar-refractivity contribution in [2.24, 2.45) is 0 Å². The molecule has 92 valence electrons. The molecule has 1 rings (SSSR count). The number of benzene rings is 1. The van der Waals surface area contributed by atoms with Crippen LogP contribution in [-0.4, -0.2) is 17.9 Å². The highest BCUT2D eigenvalue weighted by molar-refractivity contribution is 5.98. The number of hydrogen-bond acceptors (Lipinski definition) is 3. The predicted molar refractivity (Wildman–Crippen MR) is 61.1 cm³/mol. The van der Waals surface area contributed by atoms with Gasteiger partial charge in [0.1, 0.15) is 6.42 Å². The molecule has 0 heterocycles. The molecule has 3 nitrogen and oxygen atoms in total. The topological polar surface area (TPSA) is 43.4 Å². The van der Waals surface area contributed by atoms with Crippen molar-refractivity contribution in [1.29, 1.82) is 0 Å². The lowest BCUT2D eigenvalue weighted by molar-refractivity contribution is -0.150. The molecule has 0 aromatic heterocycles. The van der Waals surface area contributed by atoms with Crippen LogP contribution < -0.4 is 0 Å². The lowest BCUT2D eigenvalue weighted by Crippen LogP contribution is -2.18. The first-order chi connectivity index (χ1) is 8.00. The molecule has 0 radical (unpaired) electrons. The SMILES string of the molecule is CC(C)OC(=O)CC(=O)C(F)c1ccccc1. The maximum Gasteiger partial charge on any atom is 0.313 e. The summed E-state index contributed by atoms with van der Waals surface area (Å²) >= 11 is 0. The van der Waals surface area contributed by atoms with Gasteiger partial charge in [-0.2, -0.15) is 0 Å². The molecule has 1 unspecified atom stereocenters. The smallest absolute Gasteiger partial charge is 0.313 e. The second-order valence-electron chi connectivity index (χ2n) is 3.95. The summed E-state index contributed by atoms with van der Waals surface area (Å²) in [5, 5.41) is 0. The van der Waals surface area contributed by atoms with Crippen LogP contribution in [-0.2, 0) is 14.3 Å². The van der Waals surface area contributed by atoms with E-state index in [9.17, 15) is 14.0 Å². The summed E-state index contributed by atoms with van der Waals surface area (Å²) in [5.74, 6) is -1.47. The Morgan fingerprint density at radius 2 is 1.82 bits per heavy atom. The maximum absolute atomic E-state index is 13.7. The number of alkyl halides is 1. The highest BCUT2D eigenvalue weighted by Crippen LogP contribution is 2.19. The number of halogens is 1. The summed E-state index contributed by atoms with van der Waals surface area (Å²) in [6.07, 6.45) is -2.60. The van der Waals surface area contributed by atoms with Crippen LogP contribution >= 0.6 is 0 Å². The quantitative estimate of drug-likeness (QED) is 0.585. The van der Waals surface area contributed by atoms with Crippen LogP contribution in [0.3, 0.4) is 0 Å². The van der Waals surface area contributed by atoms with Gasteiger partial charge in [0.15, 0.2) is 12.0 Å². The van der Waals surface area contributed by atoms with Crippen molar-refractivity contribution in [3.05, 3.63) is 35.9 Å². The molecule has 0 saturated heterocycles. The molecule has 4 heteroatoms. The van der Waals surface area contributed by atoms with E-state index in [2.05, 4.69) is 0 Å². The van der Waals surface area contributed by atoms with Gasteiger partial charge in [-0.05, 0) is 19.4 Å². The molecular weight excluding hydrogens is 223 g/mol. The van der Waals surface area contributed by atoms with Gasteiger partial charge in [-0.1, -0.05) is 30.3 Å². The van der Waals surface area contributed by atoms with Gasteiger partial charge >= 0.3 is 5.97 Å². The molecular formula is C13H15FO3. The van der Waals surface area contributed by atoms with E-state index in [4.69, 9.17) is 4.74 Å². The van der Waals surface area contributed by atoms with Gasteiger partial charge in [-0.15, -0.1) is 0 Å². The fourth-order valence-electron chi connectivity index (χ4n) is 1.34. The monoisotopic (exact) mass is 238 g/mol. The van der Waals surface area contributed by atoms with Crippen molar-refractivity contribution >= 4 is 11.8 Å². The van der Waals surface area contributed by atoms with Crippen LogP contribution in [0, 0.1) is 0 Å². The number of Topliss-reactive ketones (excluding diaryl/α,β-unsaturated/α-hetero) is 1. The fraction of sp³-hybridized carbons (Fsp3) is 0.385. The van der Waals surface area contributed by atoms with Gasteiger partial charge in [0.05, 0.1) is 6.10 Å². The number of ketones is 1. The summed E-state index contributed by atoms with van der Waals surface area (Å²) < 4.78 is 18.4. The Labute approximate surface area is 99.6 Å². The Bertz CT molecular complexity index is 387. The fourth-order valence-corrected chi connectivity index (χ4v) is 1.34. The van der Waals surface area contributed by atoms with E-state index in [-0.39, 0.29) is 11.7 Å². The van der Waals surface area contributed by atoms with Gasteiger partial charge < -0.3 is 4.74 Å². The Hall–Kier alpha value is -1.71. The zero-order valence-corrected chi connectivity index (χ0v) is 9.85. The average Bonchev–Trinajstić information content (AvgIpc) is 2.28. The van der Waals surface area contributed by atoms with Gasteiger partial charge in [0, 0.05) is 0 Å². The van der Waals surface area contributed by atoms with E-state index in [1.165, 1.54) is 12.1 Å². The number of carbonyl (C=O) groups is 2. The summed E-state index contributed by atoms with van der Waals surface area (Å²) in [6, 6.07) is 8.03. The molecule has 0 aliphatic rings. The summed E-state index contributed by atoms with van der Waals surface area (Å²) in [5.41, 5.74) is 0.259. The molecule has 0 spiro atoms. The second kappa shape index (κ2) is 6.13. The third-order valence-electron chi connectivity index (χ3n) is 2.06. The first-order valence-corrected chi connectivity index (χ1v) is 5.42. The van der Waals surface area contributed by atoms with Crippen molar-refractivity contribution in [3.63, 3.8) is 0 Å². The van der Waals surface area contributed by atoms with Gasteiger partial charge in [0.25, 0.3) is 0 Å². The van der Waals surface area contributed by atoms with Crippen molar-refractivity contribution in [1.82, 2.24) is 0 Å². The lowest BCUT2D eigenvalue weighted by Gasteiger charge is -2.09. The van der Waals surface area contributed by atoms with Crippen molar-refractivity contribution < 1.29 is 18.7 Å². The standard InChI is InChI=1S/C13H15FO3/c1-9(2)17-12(16)8-11(15)13(14)10-6-4-3-5-7-10/h3-7,9,13H,8H2,1-2H3. The van der Waals surface area contributed by atoms with Crippen LogP contribution in [0.2, 0.25) is 0 Å². The highest BCUT2D eigenvalue weighted by atomic mass is 19.1. The van der Waals surface area contributed by atoms with E-state index in [0.29, 0.717) is 0 Å². The van der Waals surface area contributed by atoms with E-state index in [1.807, 2.05) is 0 Å². The molecule has 1 aromatic rings. The van der Waals surface area contributed by atoms with Gasteiger partial charge in [-0.3, -0.25) is 9.59 Å². The Morgan fingerprint density at radius 3 is 2.35 bits per heavy atom. The van der Waals surface area contributed by atoms with Crippen LogP contribution in [0.25, 0.3) is 0 Å². The highest BCUT2D eigenvalue weighted by Gasteiger charge is 2.22. The second-order valence-corrected chi connectivity index (χ2v) is 3.95. The van der Waals surface area contributed by atoms with Crippen LogP contribution in [0.4, 0.5) is 4.39 Å². The number of ether oxygens (including phenoxy) is 1. The molecule has 17 heavy (non-hydrogen) atoms. The minimum absolute atomic E-state index is 0.259. The van der Waals surface area contributed by atoms with Crippen molar-refractivity contribution in [2.45, 2.75) is 32.5 Å². The first-order valence-electron chi connectivity index (χ1n) is 5.42. The molecule has 1 aromatic carbocycles. The zero-order valence-electron chi connectivity index (χ0n) is 9.85. The minimum atomic E-state index is -1.77. The predicted octanol–water partition coefficient (Wildman–Crippen LogP) is 2.61. The Morgan fingerprint density at radius 1 is 1.24 bits per heavy atom. The van der Waals surface area contributed by atoms with Crippen molar-refractivity contribution in [2.75, 3.05) is 0 Å². The summed E-state index contributed by atoms with van der Waals surface area (Å²) in [7, 11) is 0. The van der Waals surface area contributed by atoms with Crippen molar-refractivity contribution in [3.8, 4) is 0 Å². The molecule has 0 fully saturated rings. The largest absolute Gasteiger partial charge is 0.463 e. The Kier molecular flexibility index (Phi) is 4.82. The average molecular weight is 238 g/mol. The summed E-state index contributed by atoms with van der Waals surface area (Å²) in [4.78, 5) is 22.6. The number of esters is 1. The van der Waals surface area contributed by atoms with E-state index in [1.54, 1.807) is 32.0 Å². The number of rotatable bonds is 5. The zero-order chi connectivity index (χ0) is 12.8. The molecule has 0 bridgehead atoms. The molecule has 0 aliphatic heterocycles. The third kappa shape index (κ3) is 4.34. The molecule has 1 atom stereocenters. The molecule has 0 amide bonds. The number of hydrogen-bond donors (Lipinski definition) is 0. The van der Waals surface area contributed by atoms with E-state index in [0.717, 1.165) is 0 Å². The van der Waals surface area contributed by atoms with Crippen LogP contribution in [0.5, 0.6) is 0 Å². The first kappa shape index (κ1) is 13.4. The minimum Gasteiger partial charge on any atom is -0.463 e. The number of carbonyl (C=O) groups excluding carboxylic acids is 2. The maximum atomic E-state index is 13.7. The van der Waals surface area contributed by atoms with Gasteiger partial charge in [0.2, 0.25) is 0 Å². The van der Waals surface area contributed by atoms with Crippen LogP contribution in [0.15, 0.2) is 30.3 Å². The normalized spacial score (nSPS) is 12.2. The molecule has 0 N–H and O–H groups in total. The lowest BCUT2D eigenvalue weighted by atomic mass is 10.1. The van der Waals surface area contributed by atoms with Gasteiger partial charge in [-0.25, -0.2) is 4.39 Å².